The Bertz CT molecular complexity index is 195. The molecule has 0 saturated carbocycles. The lowest BCUT2D eigenvalue weighted by Crippen LogP contribution is -1.81. The fraction of sp³-hybridized carbons (Fsp3) is 0.556. The van der Waals surface area contributed by atoms with Gasteiger partial charge in [-0.15, -0.1) is 0 Å². The molecular weight excluding hydrogens is 300 g/mol. The molecule has 0 amide bonds. The Balaban J connectivity index is -0.0000000510. The second kappa shape index (κ2) is 30.3. The minimum absolute atomic E-state index is 1.34. The van der Waals surface area contributed by atoms with Crippen molar-refractivity contribution in [1.82, 2.24) is 0 Å². The lowest BCUT2D eigenvalue weighted by molar-refractivity contribution is 0.135. The topological polar surface area (TPSA) is 230 Å². The van der Waals surface area contributed by atoms with Crippen molar-refractivity contribution in [2.45, 2.75) is 33.1 Å². The van der Waals surface area contributed by atoms with Gasteiger partial charge in [0.25, 0.3) is 0 Å². The SMILES string of the molecule is CCCCC.O=C(O)O.O=C(O)O.O=C(O)O.O=C(O)O. The molecular formula is C9H20O12. The van der Waals surface area contributed by atoms with E-state index in [1.165, 1.54) is 19.3 Å². The van der Waals surface area contributed by atoms with Gasteiger partial charge >= 0.3 is 24.6 Å². The fourth-order valence-corrected chi connectivity index (χ4v) is 0.354. The minimum Gasteiger partial charge on any atom is -0.450 e. The molecule has 0 aliphatic heterocycles. The van der Waals surface area contributed by atoms with Gasteiger partial charge in [0.2, 0.25) is 0 Å². The summed E-state index contributed by atoms with van der Waals surface area (Å²) in [5.41, 5.74) is 0. The summed E-state index contributed by atoms with van der Waals surface area (Å²) in [7, 11) is 0. The molecule has 0 bridgehead atoms. The number of rotatable bonds is 2. The molecule has 0 radical (unpaired) electrons. The van der Waals surface area contributed by atoms with Crippen LogP contribution in [0.15, 0.2) is 0 Å². The first kappa shape index (κ1) is 30.8. The third-order valence-corrected chi connectivity index (χ3v) is 0.707. The predicted octanol–water partition coefficient (Wildman–Crippen LogP) is 3.09. The Labute approximate surface area is 119 Å². The molecule has 0 aliphatic carbocycles. The number of hydrogen-bond donors (Lipinski definition) is 8. The van der Waals surface area contributed by atoms with Crippen molar-refractivity contribution in [3.63, 3.8) is 0 Å². The highest BCUT2D eigenvalue weighted by Crippen LogP contribution is 1.88. The number of hydrogen-bond acceptors (Lipinski definition) is 4. The molecule has 128 valence electrons. The lowest BCUT2D eigenvalue weighted by Gasteiger charge is -1.79. The van der Waals surface area contributed by atoms with Crippen LogP contribution in [0.4, 0.5) is 19.2 Å². The van der Waals surface area contributed by atoms with E-state index in [-0.39, 0.29) is 0 Å². The third-order valence-electron chi connectivity index (χ3n) is 0.707. The van der Waals surface area contributed by atoms with Crippen molar-refractivity contribution in [3.8, 4) is 0 Å². The van der Waals surface area contributed by atoms with Gasteiger partial charge < -0.3 is 40.9 Å². The molecule has 8 N–H and O–H groups in total. The molecule has 12 nitrogen and oxygen atoms in total. The maximum Gasteiger partial charge on any atom is 0.503 e. The van der Waals surface area contributed by atoms with Crippen LogP contribution >= 0.6 is 0 Å². The highest BCUT2D eigenvalue weighted by Gasteiger charge is 1.71. The summed E-state index contributed by atoms with van der Waals surface area (Å²) in [6.45, 7) is 4.42. The standard InChI is InChI=1S/C5H12.4CH2O3/c1-3-5-4-2;4*2-1(3)4/h3-5H2,1-2H3;4*(H2,2,3,4). The van der Waals surface area contributed by atoms with Crippen molar-refractivity contribution in [3.05, 3.63) is 0 Å². The van der Waals surface area contributed by atoms with E-state index in [1.54, 1.807) is 0 Å². The second-order valence-corrected chi connectivity index (χ2v) is 2.48. The second-order valence-electron chi connectivity index (χ2n) is 2.48. The number of carboxylic acid groups (broad SMARTS) is 8. The van der Waals surface area contributed by atoms with Crippen molar-refractivity contribution in [2.24, 2.45) is 0 Å². The van der Waals surface area contributed by atoms with Crippen molar-refractivity contribution >= 4 is 24.6 Å². The van der Waals surface area contributed by atoms with Crippen LogP contribution in [0.25, 0.3) is 0 Å². The van der Waals surface area contributed by atoms with Crippen molar-refractivity contribution in [1.29, 1.82) is 0 Å². The van der Waals surface area contributed by atoms with Crippen LogP contribution in [-0.2, 0) is 0 Å². The van der Waals surface area contributed by atoms with Gasteiger partial charge in [-0.2, -0.15) is 0 Å². The van der Waals surface area contributed by atoms with Crippen molar-refractivity contribution < 1.29 is 60.0 Å². The summed E-state index contributed by atoms with van der Waals surface area (Å²) in [6.07, 6.45) is -3.26. The largest absolute Gasteiger partial charge is 0.503 e. The Morgan fingerprint density at radius 2 is 0.619 bits per heavy atom. The summed E-state index contributed by atoms with van der Waals surface area (Å²) in [4.78, 5) is 34.2. The van der Waals surface area contributed by atoms with Crippen LogP contribution in [0.3, 0.4) is 0 Å². The Morgan fingerprint density at radius 3 is 0.619 bits per heavy atom. The Hall–Kier alpha value is -2.92. The van der Waals surface area contributed by atoms with Gasteiger partial charge in [0.15, 0.2) is 0 Å². The predicted molar refractivity (Wildman–Crippen MR) is 67.8 cm³/mol. The molecule has 0 rings (SSSR count). The van der Waals surface area contributed by atoms with Gasteiger partial charge in [0, 0.05) is 0 Å². The van der Waals surface area contributed by atoms with E-state index in [0.717, 1.165) is 0 Å². The average molecular weight is 320 g/mol. The zero-order valence-electron chi connectivity index (χ0n) is 11.3. The van der Waals surface area contributed by atoms with E-state index in [1.807, 2.05) is 0 Å². The molecule has 0 spiro atoms. The molecule has 0 heterocycles. The molecule has 0 aliphatic rings. The van der Waals surface area contributed by atoms with Crippen LogP contribution in [0.5, 0.6) is 0 Å². The monoisotopic (exact) mass is 320 g/mol. The van der Waals surface area contributed by atoms with E-state index >= 15 is 0 Å². The highest BCUT2D eigenvalue weighted by atomic mass is 16.6. The van der Waals surface area contributed by atoms with Crippen LogP contribution < -0.4 is 0 Å². The van der Waals surface area contributed by atoms with Gasteiger partial charge in [-0.1, -0.05) is 33.1 Å². The van der Waals surface area contributed by atoms with Crippen LogP contribution in [0.2, 0.25) is 0 Å². The van der Waals surface area contributed by atoms with E-state index in [0.29, 0.717) is 0 Å². The lowest BCUT2D eigenvalue weighted by atomic mass is 10.3. The first-order chi connectivity index (χ1) is 9.34. The van der Waals surface area contributed by atoms with Gasteiger partial charge in [0.1, 0.15) is 0 Å². The zero-order chi connectivity index (χ0) is 18.4. The maximum atomic E-state index is 8.56. The fourth-order valence-electron chi connectivity index (χ4n) is 0.354. The van der Waals surface area contributed by atoms with Gasteiger partial charge in [-0.25, -0.2) is 19.2 Å². The summed E-state index contributed by atoms with van der Waals surface area (Å²) in [5, 5.41) is 55.8. The maximum absolute atomic E-state index is 8.56. The minimum atomic E-state index is -1.83. The van der Waals surface area contributed by atoms with Crippen LogP contribution in [0, 0.1) is 0 Å². The normalized spacial score (nSPS) is 6.57. The summed E-state index contributed by atoms with van der Waals surface area (Å²) in [5.74, 6) is 0. The Morgan fingerprint density at radius 1 is 0.524 bits per heavy atom. The van der Waals surface area contributed by atoms with Gasteiger partial charge in [0.05, 0.1) is 0 Å². The zero-order valence-corrected chi connectivity index (χ0v) is 11.3. The average Bonchev–Trinajstić information content (AvgIpc) is 2.14. The van der Waals surface area contributed by atoms with Crippen LogP contribution in [0.1, 0.15) is 33.1 Å². The quantitative estimate of drug-likeness (QED) is 0.366. The molecule has 0 unspecified atom stereocenters. The summed E-state index contributed by atoms with van der Waals surface area (Å²) in [6, 6.07) is 0. The molecule has 0 aromatic rings. The van der Waals surface area contributed by atoms with E-state index < -0.39 is 24.6 Å². The summed E-state index contributed by atoms with van der Waals surface area (Å²) < 4.78 is 0. The first-order valence-electron chi connectivity index (χ1n) is 5.02. The molecule has 0 atom stereocenters. The number of unbranched alkanes of at least 4 members (excludes halogenated alkanes) is 2. The molecule has 0 fully saturated rings. The number of carbonyl (C=O) groups is 4. The van der Waals surface area contributed by atoms with Gasteiger partial charge in [-0.3, -0.25) is 0 Å². The Kier molecular flexibility index (Phi) is 44.4. The van der Waals surface area contributed by atoms with E-state index in [2.05, 4.69) is 13.8 Å². The first-order valence-corrected chi connectivity index (χ1v) is 5.02. The highest BCUT2D eigenvalue weighted by molar-refractivity contribution is 5.54. The van der Waals surface area contributed by atoms with Gasteiger partial charge in [-0.05, 0) is 0 Å². The molecule has 12 heteroatoms. The molecule has 0 aromatic heterocycles. The molecule has 0 aromatic carbocycles. The summed E-state index contributed by atoms with van der Waals surface area (Å²) >= 11 is 0. The molecule has 21 heavy (non-hydrogen) atoms. The van der Waals surface area contributed by atoms with Crippen molar-refractivity contribution in [2.75, 3.05) is 0 Å². The third kappa shape index (κ3) is 4590. The van der Waals surface area contributed by atoms with E-state index in [4.69, 9.17) is 60.0 Å². The van der Waals surface area contributed by atoms with E-state index in [9.17, 15) is 0 Å². The molecule has 0 saturated heterocycles. The smallest absolute Gasteiger partial charge is 0.450 e. The van der Waals surface area contributed by atoms with Crippen LogP contribution in [-0.4, -0.2) is 65.5 Å².